The van der Waals surface area contributed by atoms with Crippen LogP contribution in [0, 0.1) is 0 Å². The van der Waals surface area contributed by atoms with Crippen molar-refractivity contribution in [2.24, 2.45) is 0 Å². The molecule has 6 nitrogen and oxygen atoms in total. The molecule has 25 heavy (non-hydrogen) atoms. The summed E-state index contributed by atoms with van der Waals surface area (Å²) >= 11 is 0. The second-order valence-electron chi connectivity index (χ2n) is 5.58. The normalized spacial score (nSPS) is 10.4. The molecule has 1 amide bonds. The fraction of sp³-hybridized carbons (Fsp3) is 0.158. The van der Waals surface area contributed by atoms with Crippen molar-refractivity contribution in [2.75, 3.05) is 13.1 Å². The summed E-state index contributed by atoms with van der Waals surface area (Å²) in [6, 6.07) is 17.4. The lowest BCUT2D eigenvalue weighted by atomic mass is 10.1. The van der Waals surface area contributed by atoms with Gasteiger partial charge in [0.1, 0.15) is 6.33 Å². The van der Waals surface area contributed by atoms with Gasteiger partial charge >= 0.3 is 0 Å². The predicted molar refractivity (Wildman–Crippen MR) is 95.4 cm³/mol. The zero-order valence-corrected chi connectivity index (χ0v) is 13.8. The highest BCUT2D eigenvalue weighted by atomic mass is 16.2. The number of carbonyl (C=O) groups is 1. The van der Waals surface area contributed by atoms with Gasteiger partial charge in [-0.05, 0) is 46.7 Å². The predicted octanol–water partition coefficient (Wildman–Crippen LogP) is 2.53. The molecule has 0 atom stereocenters. The van der Waals surface area contributed by atoms with Gasteiger partial charge in [-0.25, -0.2) is 4.68 Å². The van der Waals surface area contributed by atoms with Crippen LogP contribution in [0.1, 0.15) is 15.9 Å². The average Bonchev–Trinajstić information content (AvgIpc) is 3.20. The molecule has 0 aliphatic heterocycles. The average molecular weight is 333 g/mol. The quantitative estimate of drug-likeness (QED) is 0.623. The number of nitrogens with zero attached hydrogens (tertiary/aromatic N) is 5. The first-order valence-corrected chi connectivity index (χ1v) is 8.05. The van der Waals surface area contributed by atoms with Gasteiger partial charge in [-0.3, -0.25) is 4.79 Å². The minimum absolute atomic E-state index is 0.0147. The molecule has 0 N–H and O–H groups in total. The van der Waals surface area contributed by atoms with Crippen LogP contribution in [-0.2, 0) is 6.42 Å². The lowest BCUT2D eigenvalue weighted by Gasteiger charge is -2.21. The van der Waals surface area contributed by atoms with Crippen LogP contribution in [0.15, 0.2) is 73.6 Å². The summed E-state index contributed by atoms with van der Waals surface area (Å²) in [6.45, 7) is 4.92. The molecule has 0 aliphatic carbocycles. The van der Waals surface area contributed by atoms with Gasteiger partial charge in [-0.15, -0.1) is 11.7 Å². The summed E-state index contributed by atoms with van der Waals surface area (Å²) in [6.07, 6.45) is 4.07. The summed E-state index contributed by atoms with van der Waals surface area (Å²) in [5.74, 6) is -0.0147. The molecule has 0 spiro atoms. The molecule has 0 fully saturated rings. The van der Waals surface area contributed by atoms with Crippen LogP contribution in [0.2, 0.25) is 0 Å². The van der Waals surface area contributed by atoms with Crippen LogP contribution in [-0.4, -0.2) is 44.1 Å². The third-order valence-electron chi connectivity index (χ3n) is 3.88. The van der Waals surface area contributed by atoms with E-state index >= 15 is 0 Å². The van der Waals surface area contributed by atoms with Crippen LogP contribution in [0.25, 0.3) is 5.69 Å². The largest absolute Gasteiger partial charge is 0.335 e. The van der Waals surface area contributed by atoms with Crippen molar-refractivity contribution >= 4 is 5.91 Å². The molecule has 3 aromatic rings. The second-order valence-corrected chi connectivity index (χ2v) is 5.58. The van der Waals surface area contributed by atoms with Crippen LogP contribution < -0.4 is 0 Å². The van der Waals surface area contributed by atoms with E-state index in [4.69, 9.17) is 0 Å². The van der Waals surface area contributed by atoms with Crippen LogP contribution in [0.3, 0.4) is 0 Å². The molecule has 0 radical (unpaired) electrons. The maximum atomic E-state index is 12.8. The molecule has 0 bridgehead atoms. The Morgan fingerprint density at radius 3 is 2.52 bits per heavy atom. The highest BCUT2D eigenvalue weighted by Crippen LogP contribution is 2.11. The van der Waals surface area contributed by atoms with Crippen molar-refractivity contribution in [3.63, 3.8) is 0 Å². The Bertz CT molecular complexity index is 813. The molecule has 0 saturated heterocycles. The first-order valence-electron chi connectivity index (χ1n) is 8.05. The molecule has 6 heteroatoms. The fourth-order valence-electron chi connectivity index (χ4n) is 2.56. The summed E-state index contributed by atoms with van der Waals surface area (Å²) in [4.78, 5) is 14.6. The third kappa shape index (κ3) is 4.17. The molecule has 126 valence electrons. The number of aromatic nitrogens is 4. The Kier molecular flexibility index (Phi) is 5.31. The summed E-state index contributed by atoms with van der Waals surface area (Å²) in [5, 5.41) is 11.1. The number of carbonyl (C=O) groups excluding carboxylic acids is 1. The summed E-state index contributed by atoms with van der Waals surface area (Å²) < 4.78 is 1.55. The number of tetrazole rings is 1. The van der Waals surface area contributed by atoms with E-state index in [2.05, 4.69) is 34.2 Å². The highest BCUT2D eigenvalue weighted by Gasteiger charge is 2.14. The van der Waals surface area contributed by atoms with Gasteiger partial charge in [0.15, 0.2) is 0 Å². The maximum Gasteiger partial charge on any atom is 0.254 e. The molecular formula is C19H19N5O. The molecular weight excluding hydrogens is 314 g/mol. The van der Waals surface area contributed by atoms with Crippen molar-refractivity contribution in [2.45, 2.75) is 6.42 Å². The molecule has 0 unspecified atom stereocenters. The zero-order chi connectivity index (χ0) is 17.5. The van der Waals surface area contributed by atoms with Gasteiger partial charge in [-0.1, -0.05) is 36.4 Å². The van der Waals surface area contributed by atoms with E-state index in [0.29, 0.717) is 18.7 Å². The number of benzene rings is 2. The number of hydrogen-bond acceptors (Lipinski definition) is 4. The fourth-order valence-corrected chi connectivity index (χ4v) is 2.56. The Morgan fingerprint density at radius 2 is 1.88 bits per heavy atom. The molecule has 2 aromatic carbocycles. The smallest absolute Gasteiger partial charge is 0.254 e. The minimum Gasteiger partial charge on any atom is -0.335 e. The minimum atomic E-state index is -0.0147. The highest BCUT2D eigenvalue weighted by molar-refractivity contribution is 5.94. The van der Waals surface area contributed by atoms with E-state index in [0.717, 1.165) is 12.1 Å². The lowest BCUT2D eigenvalue weighted by Crippen LogP contribution is -2.33. The van der Waals surface area contributed by atoms with E-state index < -0.39 is 0 Å². The van der Waals surface area contributed by atoms with E-state index in [1.54, 1.807) is 27.8 Å². The Morgan fingerprint density at radius 1 is 1.12 bits per heavy atom. The van der Waals surface area contributed by atoms with Crippen molar-refractivity contribution in [1.82, 2.24) is 25.1 Å². The maximum absolute atomic E-state index is 12.8. The number of amides is 1. The topological polar surface area (TPSA) is 63.9 Å². The molecule has 0 saturated carbocycles. The first-order chi connectivity index (χ1) is 12.3. The molecule has 1 aromatic heterocycles. The summed E-state index contributed by atoms with van der Waals surface area (Å²) in [5.41, 5.74) is 2.64. The Labute approximate surface area is 146 Å². The van der Waals surface area contributed by atoms with E-state index in [1.807, 2.05) is 30.3 Å². The standard InChI is InChI=1S/C19H19N5O/c1-2-13-23(14-12-16-6-4-3-5-7-16)19(25)17-8-10-18(11-9-17)24-15-20-21-22-24/h2-11,15H,1,12-14H2. The van der Waals surface area contributed by atoms with Crippen molar-refractivity contribution in [3.8, 4) is 5.69 Å². The number of hydrogen-bond donors (Lipinski definition) is 0. The van der Waals surface area contributed by atoms with Crippen molar-refractivity contribution in [3.05, 3.63) is 84.7 Å². The Balaban J connectivity index is 1.70. The monoisotopic (exact) mass is 333 g/mol. The lowest BCUT2D eigenvalue weighted by molar-refractivity contribution is 0.0775. The zero-order valence-electron chi connectivity index (χ0n) is 13.8. The van der Waals surface area contributed by atoms with E-state index in [1.165, 1.54) is 11.9 Å². The van der Waals surface area contributed by atoms with Crippen LogP contribution in [0.4, 0.5) is 0 Å². The van der Waals surface area contributed by atoms with Crippen LogP contribution >= 0.6 is 0 Å². The van der Waals surface area contributed by atoms with Crippen molar-refractivity contribution in [1.29, 1.82) is 0 Å². The molecule has 1 heterocycles. The van der Waals surface area contributed by atoms with Gasteiger partial charge in [-0.2, -0.15) is 0 Å². The van der Waals surface area contributed by atoms with Gasteiger partial charge in [0.05, 0.1) is 5.69 Å². The Hall–Kier alpha value is -3.28. The molecule has 0 aliphatic rings. The second kappa shape index (κ2) is 8.01. The van der Waals surface area contributed by atoms with Crippen molar-refractivity contribution < 1.29 is 4.79 Å². The third-order valence-corrected chi connectivity index (χ3v) is 3.88. The van der Waals surface area contributed by atoms with Gasteiger partial charge in [0, 0.05) is 18.7 Å². The van der Waals surface area contributed by atoms with Gasteiger partial charge in [0.25, 0.3) is 5.91 Å². The van der Waals surface area contributed by atoms with Gasteiger partial charge < -0.3 is 4.90 Å². The van der Waals surface area contributed by atoms with Gasteiger partial charge in [0.2, 0.25) is 0 Å². The first kappa shape index (κ1) is 16.6. The summed E-state index contributed by atoms with van der Waals surface area (Å²) in [7, 11) is 0. The van der Waals surface area contributed by atoms with E-state index in [-0.39, 0.29) is 5.91 Å². The van der Waals surface area contributed by atoms with Crippen LogP contribution in [0.5, 0.6) is 0 Å². The SMILES string of the molecule is C=CCN(CCc1ccccc1)C(=O)c1ccc(-n2cnnn2)cc1. The number of rotatable bonds is 7. The van der Waals surface area contributed by atoms with E-state index in [9.17, 15) is 4.79 Å². The molecule has 3 rings (SSSR count).